The molecule has 0 bridgehead atoms. The fourth-order valence-corrected chi connectivity index (χ4v) is 1.90. The lowest BCUT2D eigenvalue weighted by Gasteiger charge is -2.06. The third-order valence-corrected chi connectivity index (χ3v) is 3.22. The number of ether oxygens (including phenoxy) is 1. The molecule has 3 N–H and O–H groups in total. The van der Waals surface area contributed by atoms with Crippen molar-refractivity contribution in [1.29, 1.82) is 0 Å². The van der Waals surface area contributed by atoms with Crippen LogP contribution in [0.5, 0.6) is 5.75 Å². The lowest BCUT2D eigenvalue weighted by Crippen LogP contribution is -2.32. The Kier molecular flexibility index (Phi) is 6.44. The molecule has 0 aliphatic rings. The summed E-state index contributed by atoms with van der Waals surface area (Å²) in [5.41, 5.74) is 4.15. The molecule has 2 aromatic carbocycles. The summed E-state index contributed by atoms with van der Waals surface area (Å²) in [4.78, 5) is 34.0. The second-order valence-corrected chi connectivity index (χ2v) is 5.22. The first-order chi connectivity index (χ1) is 12.5. The number of hydrazone groups is 1. The van der Waals surface area contributed by atoms with Crippen LogP contribution in [0.1, 0.15) is 11.1 Å². The Bertz CT molecular complexity index is 831. The van der Waals surface area contributed by atoms with Gasteiger partial charge in [-0.15, -0.1) is 0 Å². The number of carboxylic acids is 1. The highest BCUT2D eigenvalue weighted by Crippen LogP contribution is 2.13. The summed E-state index contributed by atoms with van der Waals surface area (Å²) in [6, 6.07) is 13.5. The number of aryl methyl sites for hydroxylation is 1. The van der Waals surface area contributed by atoms with Gasteiger partial charge in [0.1, 0.15) is 5.75 Å². The molecule has 0 radical (unpaired) electrons. The van der Waals surface area contributed by atoms with E-state index in [1.807, 2.05) is 19.1 Å². The molecule has 0 aliphatic heterocycles. The van der Waals surface area contributed by atoms with Gasteiger partial charge < -0.3 is 15.2 Å². The number of aliphatic carboxylic acids is 1. The summed E-state index contributed by atoms with van der Waals surface area (Å²) in [6.45, 7) is 1.38. The molecular formula is C18H17N3O5. The first-order valence-electron chi connectivity index (χ1n) is 7.60. The fourth-order valence-electron chi connectivity index (χ4n) is 1.90. The molecule has 0 unspecified atom stereocenters. The van der Waals surface area contributed by atoms with Crippen molar-refractivity contribution in [3.05, 3.63) is 59.7 Å². The Labute approximate surface area is 149 Å². The monoisotopic (exact) mass is 355 g/mol. The zero-order valence-electron chi connectivity index (χ0n) is 13.9. The Morgan fingerprint density at radius 1 is 1.08 bits per heavy atom. The smallest absolute Gasteiger partial charge is 0.341 e. The molecule has 8 nitrogen and oxygen atoms in total. The summed E-state index contributed by atoms with van der Waals surface area (Å²) in [7, 11) is 0. The zero-order valence-corrected chi connectivity index (χ0v) is 13.9. The highest BCUT2D eigenvalue weighted by molar-refractivity contribution is 6.39. The highest BCUT2D eigenvalue weighted by Gasteiger charge is 2.13. The van der Waals surface area contributed by atoms with Gasteiger partial charge in [0.25, 0.3) is 0 Å². The quantitative estimate of drug-likeness (QED) is 0.413. The van der Waals surface area contributed by atoms with E-state index < -0.39 is 24.4 Å². The average molecular weight is 355 g/mol. The first-order valence-corrected chi connectivity index (χ1v) is 7.60. The number of para-hydroxylation sites is 1. The number of rotatable bonds is 6. The van der Waals surface area contributed by atoms with Crippen molar-refractivity contribution in [2.45, 2.75) is 6.92 Å². The van der Waals surface area contributed by atoms with Gasteiger partial charge >= 0.3 is 17.8 Å². The number of carbonyl (C=O) groups excluding carboxylic acids is 2. The predicted molar refractivity (Wildman–Crippen MR) is 95.1 cm³/mol. The molecule has 26 heavy (non-hydrogen) atoms. The van der Waals surface area contributed by atoms with Crippen LogP contribution in [-0.4, -0.2) is 35.7 Å². The molecule has 2 aromatic rings. The minimum atomic E-state index is -1.07. The number of hydrogen-bond acceptors (Lipinski definition) is 5. The van der Waals surface area contributed by atoms with Gasteiger partial charge in [-0.2, -0.15) is 5.10 Å². The Hall–Kier alpha value is -3.68. The van der Waals surface area contributed by atoms with E-state index in [-0.39, 0.29) is 0 Å². The van der Waals surface area contributed by atoms with Crippen LogP contribution in [0, 0.1) is 6.92 Å². The molecule has 0 atom stereocenters. The topological polar surface area (TPSA) is 117 Å². The van der Waals surface area contributed by atoms with Crippen LogP contribution in [-0.2, 0) is 14.4 Å². The molecule has 0 spiro atoms. The second-order valence-electron chi connectivity index (χ2n) is 5.22. The fraction of sp³-hybridized carbons (Fsp3) is 0.111. The molecule has 0 saturated carbocycles. The van der Waals surface area contributed by atoms with Crippen molar-refractivity contribution >= 4 is 29.7 Å². The molecule has 0 heterocycles. The summed E-state index contributed by atoms with van der Waals surface area (Å²) in [5.74, 6) is -2.40. The number of amides is 2. The van der Waals surface area contributed by atoms with E-state index >= 15 is 0 Å². The van der Waals surface area contributed by atoms with Crippen LogP contribution in [0.25, 0.3) is 0 Å². The number of carboxylic acid groups (broad SMARTS) is 1. The van der Waals surface area contributed by atoms with Crippen molar-refractivity contribution in [2.75, 3.05) is 11.9 Å². The third kappa shape index (κ3) is 5.75. The number of anilines is 1. The molecule has 134 valence electrons. The number of hydrogen-bond donors (Lipinski definition) is 3. The normalized spacial score (nSPS) is 10.3. The summed E-state index contributed by atoms with van der Waals surface area (Å²) < 4.78 is 5.00. The van der Waals surface area contributed by atoms with Crippen molar-refractivity contribution < 1.29 is 24.2 Å². The van der Waals surface area contributed by atoms with Gasteiger partial charge in [-0.25, -0.2) is 10.2 Å². The second kappa shape index (κ2) is 8.97. The van der Waals surface area contributed by atoms with E-state index in [4.69, 9.17) is 9.84 Å². The molecular weight excluding hydrogens is 338 g/mol. The van der Waals surface area contributed by atoms with Gasteiger partial charge in [-0.05, 0) is 48.4 Å². The zero-order chi connectivity index (χ0) is 18.9. The summed E-state index contributed by atoms with van der Waals surface area (Å²) in [6.07, 6.45) is 1.35. The van der Waals surface area contributed by atoms with Gasteiger partial charge in [0, 0.05) is 5.69 Å². The number of nitrogens with zero attached hydrogens (tertiary/aromatic N) is 1. The maximum absolute atomic E-state index is 11.8. The Morgan fingerprint density at radius 2 is 1.77 bits per heavy atom. The minimum Gasteiger partial charge on any atom is -0.482 e. The number of benzene rings is 2. The van der Waals surface area contributed by atoms with Crippen LogP contribution in [0.4, 0.5) is 5.69 Å². The summed E-state index contributed by atoms with van der Waals surface area (Å²) in [5, 5.41) is 14.7. The van der Waals surface area contributed by atoms with Crippen molar-refractivity contribution in [2.24, 2.45) is 5.10 Å². The molecule has 2 amide bonds. The SMILES string of the molecule is Cc1ccccc1NC(=O)C(=O)N/N=C/c1ccc(OCC(=O)O)cc1. The van der Waals surface area contributed by atoms with Gasteiger partial charge in [0.05, 0.1) is 6.21 Å². The molecule has 0 saturated heterocycles. The van der Waals surface area contributed by atoms with Crippen LogP contribution < -0.4 is 15.5 Å². The molecule has 8 heteroatoms. The lowest BCUT2D eigenvalue weighted by atomic mass is 10.2. The lowest BCUT2D eigenvalue weighted by molar-refractivity contribution is -0.139. The molecule has 0 aliphatic carbocycles. The minimum absolute atomic E-state index is 0.395. The van der Waals surface area contributed by atoms with Crippen molar-refractivity contribution in [3.8, 4) is 5.75 Å². The third-order valence-electron chi connectivity index (χ3n) is 3.22. The van der Waals surface area contributed by atoms with Crippen molar-refractivity contribution in [1.82, 2.24) is 5.43 Å². The number of carbonyl (C=O) groups is 3. The highest BCUT2D eigenvalue weighted by atomic mass is 16.5. The van der Waals surface area contributed by atoms with Gasteiger partial charge in [0.2, 0.25) is 0 Å². The Morgan fingerprint density at radius 3 is 2.42 bits per heavy atom. The standard InChI is InChI=1S/C18H17N3O5/c1-12-4-2-3-5-15(12)20-17(24)18(25)21-19-10-13-6-8-14(9-7-13)26-11-16(22)23/h2-10H,11H2,1H3,(H,20,24)(H,21,25)(H,22,23)/b19-10+. The van der Waals surface area contributed by atoms with Crippen LogP contribution >= 0.6 is 0 Å². The predicted octanol–water partition coefficient (Wildman–Crippen LogP) is 1.55. The van der Waals surface area contributed by atoms with Crippen LogP contribution in [0.15, 0.2) is 53.6 Å². The molecule has 2 rings (SSSR count). The van der Waals surface area contributed by atoms with Crippen LogP contribution in [0.2, 0.25) is 0 Å². The average Bonchev–Trinajstić information content (AvgIpc) is 2.62. The van der Waals surface area contributed by atoms with E-state index in [1.165, 1.54) is 6.21 Å². The van der Waals surface area contributed by atoms with Gasteiger partial charge in [-0.3, -0.25) is 9.59 Å². The van der Waals surface area contributed by atoms with Gasteiger partial charge in [-0.1, -0.05) is 18.2 Å². The maximum Gasteiger partial charge on any atom is 0.341 e. The number of nitrogens with one attached hydrogen (secondary N) is 2. The largest absolute Gasteiger partial charge is 0.482 e. The van der Waals surface area contributed by atoms with Crippen LogP contribution in [0.3, 0.4) is 0 Å². The summed E-state index contributed by atoms with van der Waals surface area (Å²) >= 11 is 0. The van der Waals surface area contributed by atoms with Gasteiger partial charge in [0.15, 0.2) is 6.61 Å². The van der Waals surface area contributed by atoms with Crippen molar-refractivity contribution in [3.63, 3.8) is 0 Å². The maximum atomic E-state index is 11.8. The van der Waals surface area contributed by atoms with E-state index in [0.717, 1.165) is 5.56 Å². The van der Waals surface area contributed by atoms with E-state index in [9.17, 15) is 14.4 Å². The van der Waals surface area contributed by atoms with E-state index in [0.29, 0.717) is 17.0 Å². The molecule has 0 fully saturated rings. The Balaban J connectivity index is 1.85. The molecule has 0 aromatic heterocycles. The van der Waals surface area contributed by atoms with E-state index in [1.54, 1.807) is 36.4 Å². The van der Waals surface area contributed by atoms with E-state index in [2.05, 4.69) is 15.8 Å². The first kappa shape index (κ1) is 18.7.